The summed E-state index contributed by atoms with van der Waals surface area (Å²) in [5.74, 6) is 0. The third-order valence-corrected chi connectivity index (χ3v) is 3.44. The molecule has 1 saturated heterocycles. The number of aliphatic hydroxyl groups is 1. The Balaban J connectivity index is 2.08. The first-order valence-electron chi connectivity index (χ1n) is 6.29. The van der Waals surface area contributed by atoms with Gasteiger partial charge in [-0.25, -0.2) is 0 Å². The predicted molar refractivity (Wildman–Crippen MR) is 69.2 cm³/mol. The van der Waals surface area contributed by atoms with Crippen LogP contribution in [0.4, 0.5) is 0 Å². The second-order valence-electron chi connectivity index (χ2n) is 6.15. The van der Waals surface area contributed by atoms with Crippen molar-refractivity contribution < 1.29 is 9.84 Å². The minimum Gasteiger partial charge on any atom is -0.387 e. The second kappa shape index (κ2) is 4.43. The Morgan fingerprint density at radius 3 is 2.35 bits per heavy atom. The van der Waals surface area contributed by atoms with Gasteiger partial charge in [-0.3, -0.25) is 0 Å². The second-order valence-corrected chi connectivity index (χ2v) is 6.15. The summed E-state index contributed by atoms with van der Waals surface area (Å²) in [4.78, 5) is 0. The zero-order chi connectivity index (χ0) is 12.5. The van der Waals surface area contributed by atoms with Gasteiger partial charge in [-0.2, -0.15) is 0 Å². The molecule has 1 unspecified atom stereocenters. The molecule has 0 saturated carbocycles. The van der Waals surface area contributed by atoms with Crippen molar-refractivity contribution >= 4 is 0 Å². The SMILES string of the molecule is CC(C)(C)c1ccc(CC2(O)CCOC2)cc1. The van der Waals surface area contributed by atoms with Gasteiger partial charge >= 0.3 is 0 Å². The topological polar surface area (TPSA) is 29.5 Å². The van der Waals surface area contributed by atoms with Crippen LogP contribution in [0.5, 0.6) is 0 Å². The number of hydrogen-bond donors (Lipinski definition) is 1. The largest absolute Gasteiger partial charge is 0.387 e. The Morgan fingerprint density at radius 2 is 1.88 bits per heavy atom. The van der Waals surface area contributed by atoms with Crippen molar-refractivity contribution in [2.45, 2.75) is 44.6 Å². The molecule has 0 aliphatic carbocycles. The maximum atomic E-state index is 10.2. The van der Waals surface area contributed by atoms with E-state index in [4.69, 9.17) is 4.74 Å². The Bertz CT molecular complexity index is 367. The van der Waals surface area contributed by atoms with Crippen LogP contribution in [0, 0.1) is 0 Å². The zero-order valence-electron chi connectivity index (χ0n) is 11.0. The lowest BCUT2D eigenvalue weighted by Gasteiger charge is -2.22. The fraction of sp³-hybridized carbons (Fsp3) is 0.600. The lowest BCUT2D eigenvalue weighted by atomic mass is 9.85. The quantitative estimate of drug-likeness (QED) is 0.852. The first-order valence-corrected chi connectivity index (χ1v) is 6.29. The molecule has 1 fully saturated rings. The fourth-order valence-electron chi connectivity index (χ4n) is 2.24. The van der Waals surface area contributed by atoms with E-state index in [0.29, 0.717) is 19.6 Å². The number of benzene rings is 1. The van der Waals surface area contributed by atoms with Crippen LogP contribution < -0.4 is 0 Å². The summed E-state index contributed by atoms with van der Waals surface area (Å²) in [6, 6.07) is 8.57. The molecule has 0 bridgehead atoms. The van der Waals surface area contributed by atoms with Crippen LogP contribution in [0.1, 0.15) is 38.3 Å². The van der Waals surface area contributed by atoms with Crippen molar-refractivity contribution in [3.63, 3.8) is 0 Å². The average Bonchev–Trinajstić information content (AvgIpc) is 2.64. The van der Waals surface area contributed by atoms with E-state index in [9.17, 15) is 5.11 Å². The highest BCUT2D eigenvalue weighted by atomic mass is 16.5. The number of rotatable bonds is 2. The lowest BCUT2D eigenvalue weighted by Crippen LogP contribution is -2.31. The van der Waals surface area contributed by atoms with E-state index in [1.165, 1.54) is 11.1 Å². The minimum atomic E-state index is -0.650. The van der Waals surface area contributed by atoms with Gasteiger partial charge in [-0.05, 0) is 16.5 Å². The van der Waals surface area contributed by atoms with Gasteiger partial charge < -0.3 is 9.84 Å². The minimum absolute atomic E-state index is 0.186. The molecule has 17 heavy (non-hydrogen) atoms. The van der Waals surface area contributed by atoms with Crippen LogP contribution >= 0.6 is 0 Å². The Labute approximate surface area is 104 Å². The molecule has 1 atom stereocenters. The predicted octanol–water partition coefficient (Wildman–Crippen LogP) is 2.68. The molecule has 1 aliphatic heterocycles. The molecule has 1 heterocycles. The number of hydrogen-bond acceptors (Lipinski definition) is 2. The monoisotopic (exact) mass is 234 g/mol. The van der Waals surface area contributed by atoms with Gasteiger partial charge in [0.1, 0.15) is 0 Å². The van der Waals surface area contributed by atoms with Crippen molar-refractivity contribution in [3.05, 3.63) is 35.4 Å². The molecular weight excluding hydrogens is 212 g/mol. The summed E-state index contributed by atoms with van der Waals surface area (Å²) in [5.41, 5.74) is 2.05. The highest BCUT2D eigenvalue weighted by molar-refractivity contribution is 5.28. The van der Waals surface area contributed by atoms with Crippen molar-refractivity contribution in [2.75, 3.05) is 13.2 Å². The van der Waals surface area contributed by atoms with E-state index in [2.05, 4.69) is 45.0 Å². The van der Waals surface area contributed by atoms with E-state index < -0.39 is 5.60 Å². The Morgan fingerprint density at radius 1 is 1.24 bits per heavy atom. The van der Waals surface area contributed by atoms with E-state index in [1.807, 2.05) is 0 Å². The highest BCUT2D eigenvalue weighted by Gasteiger charge is 2.32. The molecule has 2 heteroatoms. The summed E-state index contributed by atoms with van der Waals surface area (Å²) in [6.45, 7) is 7.77. The van der Waals surface area contributed by atoms with Crippen LogP contribution in [0.25, 0.3) is 0 Å². The molecule has 2 nitrogen and oxygen atoms in total. The molecule has 2 rings (SSSR count). The lowest BCUT2D eigenvalue weighted by molar-refractivity contribution is 0.0270. The standard InChI is InChI=1S/C15H22O2/c1-14(2,3)13-6-4-12(5-7-13)10-15(16)8-9-17-11-15/h4-7,16H,8-11H2,1-3H3. The van der Waals surface area contributed by atoms with E-state index in [1.54, 1.807) is 0 Å². The van der Waals surface area contributed by atoms with Gasteiger partial charge in [0, 0.05) is 19.4 Å². The van der Waals surface area contributed by atoms with Gasteiger partial charge in [-0.15, -0.1) is 0 Å². The summed E-state index contributed by atoms with van der Waals surface area (Å²) < 4.78 is 5.26. The maximum Gasteiger partial charge on any atom is 0.0942 e. The molecule has 0 radical (unpaired) electrons. The van der Waals surface area contributed by atoms with Crippen molar-refractivity contribution in [1.29, 1.82) is 0 Å². The zero-order valence-corrected chi connectivity index (χ0v) is 11.0. The van der Waals surface area contributed by atoms with E-state index in [-0.39, 0.29) is 5.41 Å². The van der Waals surface area contributed by atoms with Gasteiger partial charge in [-0.1, -0.05) is 45.0 Å². The van der Waals surface area contributed by atoms with Gasteiger partial charge in [0.15, 0.2) is 0 Å². The average molecular weight is 234 g/mol. The van der Waals surface area contributed by atoms with Gasteiger partial charge in [0.25, 0.3) is 0 Å². The molecule has 0 aromatic heterocycles. The maximum absolute atomic E-state index is 10.2. The molecule has 1 N–H and O–H groups in total. The third-order valence-electron chi connectivity index (χ3n) is 3.44. The molecule has 1 aromatic carbocycles. The van der Waals surface area contributed by atoms with Crippen molar-refractivity contribution in [1.82, 2.24) is 0 Å². The van der Waals surface area contributed by atoms with E-state index in [0.717, 1.165) is 6.42 Å². The molecular formula is C15H22O2. The Kier molecular flexibility index (Phi) is 3.28. The first kappa shape index (κ1) is 12.6. The number of ether oxygens (including phenoxy) is 1. The van der Waals surface area contributed by atoms with Crippen LogP contribution in [0.15, 0.2) is 24.3 Å². The third kappa shape index (κ3) is 3.08. The normalized spacial score (nSPS) is 25.2. The summed E-state index contributed by atoms with van der Waals surface area (Å²) in [6.07, 6.45) is 1.44. The fourth-order valence-corrected chi connectivity index (χ4v) is 2.24. The molecule has 1 aliphatic rings. The molecule has 0 spiro atoms. The highest BCUT2D eigenvalue weighted by Crippen LogP contribution is 2.26. The smallest absolute Gasteiger partial charge is 0.0942 e. The van der Waals surface area contributed by atoms with Crippen LogP contribution in [0.2, 0.25) is 0 Å². The Hall–Kier alpha value is -0.860. The van der Waals surface area contributed by atoms with Crippen LogP contribution in [-0.2, 0) is 16.6 Å². The van der Waals surface area contributed by atoms with Crippen LogP contribution in [0.3, 0.4) is 0 Å². The summed E-state index contributed by atoms with van der Waals surface area (Å²) >= 11 is 0. The van der Waals surface area contributed by atoms with Gasteiger partial charge in [0.2, 0.25) is 0 Å². The van der Waals surface area contributed by atoms with Crippen molar-refractivity contribution in [2.24, 2.45) is 0 Å². The van der Waals surface area contributed by atoms with Crippen LogP contribution in [-0.4, -0.2) is 23.9 Å². The summed E-state index contributed by atoms with van der Waals surface area (Å²) in [7, 11) is 0. The molecule has 0 amide bonds. The molecule has 94 valence electrons. The van der Waals surface area contributed by atoms with E-state index >= 15 is 0 Å². The summed E-state index contributed by atoms with van der Waals surface area (Å²) in [5, 5.41) is 10.2. The van der Waals surface area contributed by atoms with Gasteiger partial charge in [0.05, 0.1) is 12.2 Å². The van der Waals surface area contributed by atoms with Crippen molar-refractivity contribution in [3.8, 4) is 0 Å². The first-order chi connectivity index (χ1) is 7.89. The molecule has 1 aromatic rings.